The molecular weight excluding hydrogens is 776 g/mol. The molecule has 0 radical (unpaired) electrons. The molecule has 7 nitrogen and oxygen atoms in total. The first-order valence-corrected chi connectivity index (χ1v) is 15.9. The van der Waals surface area contributed by atoms with E-state index in [1.165, 1.54) is 27.6 Å². The molecule has 5 heterocycles. The largest absolute Gasteiger partial charge is 2.00 e. The number of fused-ring (bicyclic) bond motifs is 12. The molecule has 236 valence electrons. The molecule has 0 aliphatic carbocycles. The van der Waals surface area contributed by atoms with Crippen molar-refractivity contribution >= 4 is 54.9 Å². The molecule has 8 heteroatoms. The molecule has 0 aliphatic heterocycles. The minimum absolute atomic E-state index is 0. The number of hydrogen-bond acceptors (Lipinski definition) is 5. The first-order chi connectivity index (χ1) is 23.0. The standard InChI is InChI=1S/C40H30N6O.Pt/c1-23(2)27-7-5-8-28(24(3)4)35(27)31-9-6-10-34-36(31)29-13-11-25(21-32(29)38-43-17-19-45(34)38)47-26-12-14-30-33(22-26)39-44-18-20-46(39)40-37(30)41-15-16-42-40;/h5-20,23-24H,1-4H3;/q-2;+2. The topological polar surface area (TPSA) is 69.6 Å². The van der Waals surface area contributed by atoms with Crippen molar-refractivity contribution in [2.24, 2.45) is 0 Å². The molecule has 0 saturated carbocycles. The van der Waals surface area contributed by atoms with E-state index < -0.39 is 0 Å². The Bertz CT molecular complexity index is 2660. The summed E-state index contributed by atoms with van der Waals surface area (Å²) in [6.07, 6.45) is 10.9. The van der Waals surface area contributed by atoms with Crippen LogP contribution in [0, 0.1) is 12.1 Å². The maximum atomic E-state index is 6.46. The number of imidazole rings is 2. The van der Waals surface area contributed by atoms with Crippen LogP contribution in [0.15, 0.2) is 97.8 Å². The van der Waals surface area contributed by atoms with Gasteiger partial charge in [-0.15, -0.1) is 12.1 Å². The van der Waals surface area contributed by atoms with Crippen LogP contribution in [0.25, 0.3) is 66.0 Å². The Hall–Kier alpha value is -5.13. The van der Waals surface area contributed by atoms with Gasteiger partial charge in [0.2, 0.25) is 0 Å². The minimum atomic E-state index is 0. The van der Waals surface area contributed by atoms with Gasteiger partial charge >= 0.3 is 21.1 Å². The normalized spacial score (nSPS) is 12.0. The SMILES string of the molecule is CC(C)c1cccc(C(C)C)c1-c1cccc2c1c1ccc(Oc3[c-]c4c(cc3)c3nccnc3n3ccnc43)[c-]c1c1nccn21.[Pt+2]. The molecule has 0 fully saturated rings. The fourth-order valence-electron chi connectivity index (χ4n) is 7.08. The molecule has 9 rings (SSSR count). The molecule has 5 aromatic heterocycles. The first kappa shape index (κ1) is 30.2. The zero-order chi connectivity index (χ0) is 31.8. The van der Waals surface area contributed by atoms with Crippen molar-refractivity contribution in [3.8, 4) is 22.6 Å². The van der Waals surface area contributed by atoms with Gasteiger partial charge in [-0.05, 0) is 45.5 Å². The van der Waals surface area contributed by atoms with Gasteiger partial charge in [0, 0.05) is 54.2 Å². The Morgan fingerprint density at radius 2 is 1.19 bits per heavy atom. The predicted octanol–water partition coefficient (Wildman–Crippen LogP) is 9.69. The van der Waals surface area contributed by atoms with E-state index in [-0.39, 0.29) is 21.1 Å². The number of nitrogens with zero attached hydrogens (tertiary/aromatic N) is 6. The number of benzene rings is 4. The van der Waals surface area contributed by atoms with Gasteiger partial charge in [-0.2, -0.15) is 0 Å². The molecule has 0 amide bonds. The van der Waals surface area contributed by atoms with Gasteiger partial charge in [0.1, 0.15) is 5.65 Å². The van der Waals surface area contributed by atoms with Gasteiger partial charge < -0.3 is 13.5 Å². The molecule has 0 spiro atoms. The number of aromatic nitrogens is 6. The third-order valence-electron chi connectivity index (χ3n) is 9.16. The van der Waals surface area contributed by atoms with Gasteiger partial charge in [0.15, 0.2) is 0 Å². The fourth-order valence-corrected chi connectivity index (χ4v) is 7.08. The Kier molecular flexibility index (Phi) is 7.26. The quantitative estimate of drug-likeness (QED) is 0.128. The Labute approximate surface area is 291 Å². The molecular formula is C40H30N6OPt. The monoisotopic (exact) mass is 805 g/mol. The van der Waals surface area contributed by atoms with Crippen molar-refractivity contribution in [3.05, 3.63) is 121 Å². The second-order valence-corrected chi connectivity index (χ2v) is 12.6. The summed E-state index contributed by atoms with van der Waals surface area (Å²) in [5.41, 5.74) is 9.48. The Morgan fingerprint density at radius 1 is 0.604 bits per heavy atom. The molecule has 0 aliphatic rings. The molecule has 0 saturated heterocycles. The van der Waals surface area contributed by atoms with Crippen LogP contribution in [0.5, 0.6) is 11.5 Å². The van der Waals surface area contributed by atoms with E-state index in [1.807, 2.05) is 41.2 Å². The summed E-state index contributed by atoms with van der Waals surface area (Å²) >= 11 is 0. The van der Waals surface area contributed by atoms with E-state index in [0.717, 1.165) is 49.5 Å². The molecule has 0 bridgehead atoms. The third kappa shape index (κ3) is 4.52. The zero-order valence-corrected chi connectivity index (χ0v) is 29.1. The number of ether oxygens (including phenoxy) is 1. The van der Waals surface area contributed by atoms with Crippen molar-refractivity contribution < 1.29 is 25.8 Å². The van der Waals surface area contributed by atoms with Crippen LogP contribution in [-0.2, 0) is 21.1 Å². The summed E-state index contributed by atoms with van der Waals surface area (Å²) < 4.78 is 10.6. The maximum absolute atomic E-state index is 6.46. The van der Waals surface area contributed by atoms with E-state index in [0.29, 0.717) is 23.3 Å². The average Bonchev–Trinajstić information content (AvgIpc) is 3.79. The average molecular weight is 806 g/mol. The van der Waals surface area contributed by atoms with Crippen LogP contribution in [0.2, 0.25) is 0 Å². The fraction of sp³-hybridized carbons (Fsp3) is 0.150. The van der Waals surface area contributed by atoms with Crippen molar-refractivity contribution in [2.45, 2.75) is 39.5 Å². The second-order valence-electron chi connectivity index (χ2n) is 12.6. The van der Waals surface area contributed by atoms with Gasteiger partial charge in [-0.3, -0.25) is 15.0 Å². The molecule has 9 aromatic rings. The van der Waals surface area contributed by atoms with Crippen molar-refractivity contribution in [3.63, 3.8) is 0 Å². The Morgan fingerprint density at radius 3 is 1.90 bits per heavy atom. The zero-order valence-electron chi connectivity index (χ0n) is 26.8. The van der Waals surface area contributed by atoms with Gasteiger partial charge in [-0.25, -0.2) is 4.98 Å². The van der Waals surface area contributed by atoms with Crippen LogP contribution in [0.1, 0.15) is 50.7 Å². The van der Waals surface area contributed by atoms with Crippen LogP contribution < -0.4 is 4.74 Å². The minimum Gasteiger partial charge on any atom is -0.497 e. The number of rotatable bonds is 5. The molecule has 0 unspecified atom stereocenters. The third-order valence-corrected chi connectivity index (χ3v) is 9.16. The molecule has 4 aromatic carbocycles. The van der Waals surface area contributed by atoms with Crippen LogP contribution >= 0.6 is 0 Å². The maximum Gasteiger partial charge on any atom is 2.00 e. The molecule has 0 atom stereocenters. The summed E-state index contributed by atoms with van der Waals surface area (Å²) in [5, 5.41) is 4.90. The summed E-state index contributed by atoms with van der Waals surface area (Å²) in [5.74, 6) is 1.90. The van der Waals surface area contributed by atoms with E-state index in [1.54, 1.807) is 18.6 Å². The van der Waals surface area contributed by atoms with Crippen LogP contribution in [-0.4, -0.2) is 28.7 Å². The summed E-state index contributed by atoms with van der Waals surface area (Å²) in [7, 11) is 0. The van der Waals surface area contributed by atoms with E-state index in [4.69, 9.17) is 9.72 Å². The first-order valence-electron chi connectivity index (χ1n) is 15.9. The predicted molar refractivity (Wildman–Crippen MR) is 187 cm³/mol. The smallest absolute Gasteiger partial charge is 0.497 e. The van der Waals surface area contributed by atoms with Crippen molar-refractivity contribution in [1.29, 1.82) is 0 Å². The number of pyridine rings is 2. The van der Waals surface area contributed by atoms with E-state index in [2.05, 4.69) is 102 Å². The van der Waals surface area contributed by atoms with Gasteiger partial charge in [0.25, 0.3) is 0 Å². The second kappa shape index (κ2) is 11.5. The van der Waals surface area contributed by atoms with E-state index in [9.17, 15) is 0 Å². The Balaban J connectivity index is 0.00000336. The summed E-state index contributed by atoms with van der Waals surface area (Å²) in [4.78, 5) is 18.5. The number of hydrogen-bond donors (Lipinski definition) is 0. The van der Waals surface area contributed by atoms with Crippen molar-refractivity contribution in [2.75, 3.05) is 0 Å². The summed E-state index contributed by atoms with van der Waals surface area (Å²) in [6.45, 7) is 9.09. The van der Waals surface area contributed by atoms with Crippen LogP contribution in [0.4, 0.5) is 0 Å². The van der Waals surface area contributed by atoms with Gasteiger partial charge in [-0.1, -0.05) is 104 Å². The molecule has 48 heavy (non-hydrogen) atoms. The summed E-state index contributed by atoms with van der Waals surface area (Å²) in [6, 6.07) is 28.4. The van der Waals surface area contributed by atoms with Crippen molar-refractivity contribution in [1.82, 2.24) is 28.7 Å². The van der Waals surface area contributed by atoms with Gasteiger partial charge in [0.05, 0.1) is 16.8 Å². The van der Waals surface area contributed by atoms with E-state index >= 15 is 0 Å². The molecule has 0 N–H and O–H groups in total. The van der Waals surface area contributed by atoms with Crippen LogP contribution in [0.3, 0.4) is 0 Å².